The maximum atomic E-state index is 14.5. The molecule has 0 aromatic heterocycles. The minimum atomic E-state index is -0.822. The summed E-state index contributed by atoms with van der Waals surface area (Å²) >= 11 is 0. The summed E-state index contributed by atoms with van der Waals surface area (Å²) in [6.07, 6.45) is 16.7. The Bertz CT molecular complexity index is 638. The summed E-state index contributed by atoms with van der Waals surface area (Å²) in [6, 6.07) is 3.33. The molecule has 0 aliphatic heterocycles. The first-order valence-electron chi connectivity index (χ1n) is 11.4. The molecule has 0 saturated heterocycles. The summed E-state index contributed by atoms with van der Waals surface area (Å²) in [5.41, 5.74) is 0.547. The van der Waals surface area contributed by atoms with Gasteiger partial charge in [-0.1, -0.05) is 25.1 Å². The first-order chi connectivity index (χ1) is 13.6. The highest BCUT2D eigenvalue weighted by Crippen LogP contribution is 2.45. The Hall–Kier alpha value is -1.38. The predicted octanol–water partition coefficient (Wildman–Crippen LogP) is 7.80. The molecule has 0 radical (unpaired) electrons. The van der Waals surface area contributed by atoms with E-state index in [1.807, 2.05) is 0 Å². The summed E-state index contributed by atoms with van der Waals surface area (Å²) in [5.74, 6) is 1.15. The standard InChI is InChI=1S/C25H36F2O/c1-3-5-6-7-18-8-10-19(11-9-18)20-12-14-21(15-13-20)22-16-17-23(28-4-2)25(27)24(22)26/h5-6,16-21H,3-4,7-15H2,1-2H3/b6-5-. The van der Waals surface area contributed by atoms with Crippen LogP contribution in [-0.4, -0.2) is 6.61 Å². The molecule has 0 N–H and O–H groups in total. The number of benzene rings is 1. The third-order valence-corrected chi connectivity index (χ3v) is 7.02. The monoisotopic (exact) mass is 390 g/mol. The van der Waals surface area contributed by atoms with E-state index in [9.17, 15) is 8.78 Å². The van der Waals surface area contributed by atoms with Gasteiger partial charge in [-0.05, 0) is 106 Å². The van der Waals surface area contributed by atoms with Crippen LogP contribution >= 0.6 is 0 Å². The number of allylic oxidation sites excluding steroid dienone is 2. The summed E-state index contributed by atoms with van der Waals surface area (Å²) < 4.78 is 33.9. The minimum Gasteiger partial charge on any atom is -0.491 e. The molecule has 0 amide bonds. The molecule has 28 heavy (non-hydrogen) atoms. The molecule has 156 valence electrons. The van der Waals surface area contributed by atoms with Crippen LogP contribution in [0.4, 0.5) is 8.78 Å². The minimum absolute atomic E-state index is 0.0305. The number of rotatable bonds is 7. The number of hydrogen-bond acceptors (Lipinski definition) is 1. The number of ether oxygens (including phenoxy) is 1. The van der Waals surface area contributed by atoms with Crippen molar-refractivity contribution in [2.75, 3.05) is 6.61 Å². The molecule has 1 aromatic carbocycles. The smallest absolute Gasteiger partial charge is 0.200 e. The molecular weight excluding hydrogens is 354 g/mol. The summed E-state index contributed by atoms with van der Waals surface area (Å²) in [7, 11) is 0. The molecule has 3 rings (SSSR count). The van der Waals surface area contributed by atoms with Gasteiger partial charge in [0.05, 0.1) is 6.61 Å². The number of hydrogen-bond donors (Lipinski definition) is 0. The van der Waals surface area contributed by atoms with E-state index in [4.69, 9.17) is 4.74 Å². The number of halogens is 2. The van der Waals surface area contributed by atoms with Crippen molar-refractivity contribution in [3.05, 3.63) is 41.5 Å². The SMILES string of the molecule is CC/C=C\CC1CCC(C2CCC(c3ccc(OCC)c(F)c3F)CC2)CC1. The lowest BCUT2D eigenvalue weighted by Gasteiger charge is -2.38. The summed E-state index contributed by atoms with van der Waals surface area (Å²) in [6.45, 7) is 4.32. The van der Waals surface area contributed by atoms with Crippen molar-refractivity contribution >= 4 is 0 Å². The highest BCUT2D eigenvalue weighted by atomic mass is 19.2. The summed E-state index contributed by atoms with van der Waals surface area (Å²) in [5, 5.41) is 0. The highest BCUT2D eigenvalue weighted by Gasteiger charge is 2.32. The van der Waals surface area contributed by atoms with E-state index < -0.39 is 11.6 Å². The maximum Gasteiger partial charge on any atom is 0.200 e. The molecule has 2 aliphatic rings. The molecule has 3 heteroatoms. The fourth-order valence-corrected chi connectivity index (χ4v) is 5.38. The zero-order valence-electron chi connectivity index (χ0n) is 17.6. The molecule has 0 spiro atoms. The predicted molar refractivity (Wildman–Crippen MR) is 112 cm³/mol. The molecule has 2 aliphatic carbocycles. The second kappa shape index (κ2) is 10.4. The van der Waals surface area contributed by atoms with E-state index in [1.165, 1.54) is 32.1 Å². The van der Waals surface area contributed by atoms with Gasteiger partial charge in [0.25, 0.3) is 0 Å². The van der Waals surface area contributed by atoms with Crippen molar-refractivity contribution in [2.24, 2.45) is 17.8 Å². The normalized spacial score (nSPS) is 28.6. The van der Waals surface area contributed by atoms with Gasteiger partial charge in [-0.25, -0.2) is 4.39 Å². The van der Waals surface area contributed by atoms with Gasteiger partial charge in [-0.3, -0.25) is 0 Å². The Kier molecular flexibility index (Phi) is 7.93. The lowest BCUT2D eigenvalue weighted by Crippen LogP contribution is -2.25. The van der Waals surface area contributed by atoms with Crippen LogP contribution in [0.15, 0.2) is 24.3 Å². The van der Waals surface area contributed by atoms with Gasteiger partial charge >= 0.3 is 0 Å². The fourth-order valence-electron chi connectivity index (χ4n) is 5.38. The van der Waals surface area contributed by atoms with Crippen LogP contribution in [0.1, 0.15) is 89.5 Å². The van der Waals surface area contributed by atoms with Crippen LogP contribution in [0, 0.1) is 29.4 Å². The Morgan fingerprint density at radius 3 is 2.11 bits per heavy atom. The molecule has 0 atom stereocenters. The zero-order valence-corrected chi connectivity index (χ0v) is 17.6. The average Bonchev–Trinajstić information content (AvgIpc) is 2.73. The largest absolute Gasteiger partial charge is 0.491 e. The van der Waals surface area contributed by atoms with E-state index in [-0.39, 0.29) is 11.7 Å². The first-order valence-corrected chi connectivity index (χ1v) is 11.4. The quantitative estimate of drug-likeness (QED) is 0.432. The van der Waals surface area contributed by atoms with Crippen LogP contribution < -0.4 is 4.74 Å². The van der Waals surface area contributed by atoms with E-state index in [0.29, 0.717) is 12.2 Å². The Morgan fingerprint density at radius 2 is 1.50 bits per heavy atom. The molecule has 2 saturated carbocycles. The first kappa shape index (κ1) is 21.3. The van der Waals surface area contributed by atoms with E-state index >= 15 is 0 Å². The molecular formula is C25H36F2O. The van der Waals surface area contributed by atoms with Gasteiger partial charge in [0.15, 0.2) is 11.6 Å². The van der Waals surface area contributed by atoms with Gasteiger partial charge < -0.3 is 4.74 Å². The zero-order chi connectivity index (χ0) is 19.9. The fraction of sp³-hybridized carbons (Fsp3) is 0.680. The topological polar surface area (TPSA) is 9.23 Å². The van der Waals surface area contributed by atoms with Crippen molar-refractivity contribution < 1.29 is 13.5 Å². The van der Waals surface area contributed by atoms with Crippen molar-refractivity contribution in [3.63, 3.8) is 0 Å². The van der Waals surface area contributed by atoms with E-state index in [1.54, 1.807) is 19.1 Å². The van der Waals surface area contributed by atoms with Crippen molar-refractivity contribution in [1.82, 2.24) is 0 Å². The Labute approximate surface area is 169 Å². The molecule has 0 unspecified atom stereocenters. The van der Waals surface area contributed by atoms with Gasteiger partial charge in [0.1, 0.15) is 0 Å². The van der Waals surface area contributed by atoms with E-state index in [0.717, 1.165) is 49.9 Å². The molecule has 0 heterocycles. The highest BCUT2D eigenvalue weighted by molar-refractivity contribution is 5.33. The van der Waals surface area contributed by atoms with Crippen LogP contribution in [0.2, 0.25) is 0 Å². The molecule has 2 fully saturated rings. The lowest BCUT2D eigenvalue weighted by atomic mass is 9.68. The summed E-state index contributed by atoms with van der Waals surface area (Å²) in [4.78, 5) is 0. The Balaban J connectivity index is 1.50. The Morgan fingerprint density at radius 1 is 0.857 bits per heavy atom. The molecule has 1 nitrogen and oxygen atoms in total. The maximum absolute atomic E-state index is 14.5. The second-order valence-electron chi connectivity index (χ2n) is 8.72. The molecule has 0 bridgehead atoms. The van der Waals surface area contributed by atoms with Gasteiger partial charge in [-0.15, -0.1) is 0 Å². The van der Waals surface area contributed by atoms with Crippen molar-refractivity contribution in [2.45, 2.75) is 84.0 Å². The van der Waals surface area contributed by atoms with Crippen LogP contribution in [0.25, 0.3) is 0 Å². The van der Waals surface area contributed by atoms with E-state index in [2.05, 4.69) is 19.1 Å². The third kappa shape index (κ3) is 5.15. The van der Waals surface area contributed by atoms with Gasteiger partial charge in [-0.2, -0.15) is 4.39 Å². The van der Waals surface area contributed by atoms with Crippen molar-refractivity contribution in [3.8, 4) is 5.75 Å². The average molecular weight is 391 g/mol. The molecule has 1 aromatic rings. The second-order valence-corrected chi connectivity index (χ2v) is 8.72. The van der Waals surface area contributed by atoms with Gasteiger partial charge in [0, 0.05) is 0 Å². The van der Waals surface area contributed by atoms with Crippen LogP contribution in [-0.2, 0) is 0 Å². The lowest BCUT2D eigenvalue weighted by molar-refractivity contribution is 0.160. The van der Waals surface area contributed by atoms with Crippen LogP contribution in [0.3, 0.4) is 0 Å². The third-order valence-electron chi connectivity index (χ3n) is 7.02. The van der Waals surface area contributed by atoms with Crippen molar-refractivity contribution in [1.29, 1.82) is 0 Å². The van der Waals surface area contributed by atoms with Crippen LogP contribution in [0.5, 0.6) is 5.75 Å². The van der Waals surface area contributed by atoms with Gasteiger partial charge in [0.2, 0.25) is 5.82 Å².